The standard InChI is InChI=1S/C19H18FN5O2/c1-12(2)21-19-23-16(13-6-4-3-5-7-13)11-18(24-19)22-15-9-8-14(20)10-17(15)25(26)27/h3-12H,1-2H3,(H2,21,22,23,24). The Bertz CT molecular complexity index is 964. The lowest BCUT2D eigenvalue weighted by molar-refractivity contribution is -0.384. The van der Waals surface area contributed by atoms with Gasteiger partial charge in [0.15, 0.2) is 0 Å². The minimum absolute atomic E-state index is 0.101. The third kappa shape index (κ3) is 4.55. The fraction of sp³-hybridized carbons (Fsp3) is 0.158. The van der Waals surface area contributed by atoms with Crippen LogP contribution < -0.4 is 10.6 Å². The molecule has 2 N–H and O–H groups in total. The summed E-state index contributed by atoms with van der Waals surface area (Å²) in [7, 11) is 0. The Morgan fingerprint density at radius 3 is 2.48 bits per heavy atom. The van der Waals surface area contributed by atoms with E-state index in [4.69, 9.17) is 0 Å². The van der Waals surface area contributed by atoms with Gasteiger partial charge in [0.25, 0.3) is 5.69 Å². The van der Waals surface area contributed by atoms with E-state index in [9.17, 15) is 14.5 Å². The van der Waals surface area contributed by atoms with Gasteiger partial charge in [-0.25, -0.2) is 9.37 Å². The summed E-state index contributed by atoms with van der Waals surface area (Å²) in [5.74, 6) is 0.0717. The molecule has 3 aromatic rings. The summed E-state index contributed by atoms with van der Waals surface area (Å²) >= 11 is 0. The topological polar surface area (TPSA) is 93.0 Å². The maximum atomic E-state index is 13.4. The SMILES string of the molecule is CC(C)Nc1nc(Nc2ccc(F)cc2[N+](=O)[O-])cc(-c2ccccc2)n1. The van der Waals surface area contributed by atoms with Crippen molar-refractivity contribution in [3.63, 3.8) is 0 Å². The van der Waals surface area contributed by atoms with E-state index in [0.29, 0.717) is 17.5 Å². The molecule has 1 aromatic heterocycles. The molecule has 27 heavy (non-hydrogen) atoms. The number of benzene rings is 2. The first kappa shape index (κ1) is 18.2. The van der Waals surface area contributed by atoms with E-state index in [1.807, 2.05) is 44.2 Å². The maximum absolute atomic E-state index is 13.4. The van der Waals surface area contributed by atoms with Crippen molar-refractivity contribution in [2.75, 3.05) is 10.6 Å². The van der Waals surface area contributed by atoms with E-state index in [1.165, 1.54) is 6.07 Å². The summed E-state index contributed by atoms with van der Waals surface area (Å²) in [5.41, 5.74) is 1.31. The highest BCUT2D eigenvalue weighted by atomic mass is 19.1. The molecule has 138 valence electrons. The lowest BCUT2D eigenvalue weighted by Gasteiger charge is -2.13. The second-order valence-electron chi connectivity index (χ2n) is 6.17. The summed E-state index contributed by atoms with van der Waals surface area (Å²) < 4.78 is 13.4. The fourth-order valence-electron chi connectivity index (χ4n) is 2.49. The Kier molecular flexibility index (Phi) is 5.25. The summed E-state index contributed by atoms with van der Waals surface area (Å²) in [6.07, 6.45) is 0. The Morgan fingerprint density at radius 2 is 1.81 bits per heavy atom. The average molecular weight is 367 g/mol. The minimum Gasteiger partial charge on any atom is -0.352 e. The number of nitro groups is 1. The zero-order valence-corrected chi connectivity index (χ0v) is 14.8. The van der Waals surface area contributed by atoms with Crippen molar-refractivity contribution in [3.8, 4) is 11.3 Å². The van der Waals surface area contributed by atoms with Gasteiger partial charge in [-0.3, -0.25) is 10.1 Å². The van der Waals surface area contributed by atoms with Crippen molar-refractivity contribution in [1.29, 1.82) is 0 Å². The monoisotopic (exact) mass is 367 g/mol. The molecule has 0 unspecified atom stereocenters. The van der Waals surface area contributed by atoms with Crippen molar-refractivity contribution in [3.05, 3.63) is 70.5 Å². The first-order valence-electron chi connectivity index (χ1n) is 8.34. The van der Waals surface area contributed by atoms with Crippen LogP contribution in [0.5, 0.6) is 0 Å². The van der Waals surface area contributed by atoms with Gasteiger partial charge in [0.1, 0.15) is 17.3 Å². The smallest absolute Gasteiger partial charge is 0.295 e. The van der Waals surface area contributed by atoms with Gasteiger partial charge in [-0.15, -0.1) is 0 Å². The molecule has 8 heteroatoms. The molecule has 0 spiro atoms. The molecule has 0 fully saturated rings. The number of anilines is 3. The van der Waals surface area contributed by atoms with Gasteiger partial charge in [0.2, 0.25) is 5.95 Å². The average Bonchev–Trinajstić information content (AvgIpc) is 2.63. The maximum Gasteiger partial charge on any atom is 0.295 e. The molecule has 0 aliphatic heterocycles. The zero-order chi connectivity index (χ0) is 19.4. The number of aromatic nitrogens is 2. The highest BCUT2D eigenvalue weighted by molar-refractivity contribution is 5.71. The van der Waals surface area contributed by atoms with Gasteiger partial charge < -0.3 is 10.6 Å². The third-order valence-electron chi connectivity index (χ3n) is 3.63. The molecule has 0 saturated heterocycles. The molecule has 0 saturated carbocycles. The molecule has 0 aliphatic carbocycles. The summed E-state index contributed by atoms with van der Waals surface area (Å²) in [6.45, 7) is 3.91. The van der Waals surface area contributed by atoms with E-state index >= 15 is 0 Å². The molecule has 7 nitrogen and oxygen atoms in total. The Balaban J connectivity index is 2.03. The molecular weight excluding hydrogens is 349 g/mol. The van der Waals surface area contributed by atoms with Crippen molar-refractivity contribution in [2.24, 2.45) is 0 Å². The number of nitrogens with one attached hydrogen (secondary N) is 2. The third-order valence-corrected chi connectivity index (χ3v) is 3.63. The van der Waals surface area contributed by atoms with E-state index in [2.05, 4.69) is 20.6 Å². The predicted octanol–water partition coefficient (Wildman–Crippen LogP) is 4.75. The van der Waals surface area contributed by atoms with E-state index < -0.39 is 10.7 Å². The van der Waals surface area contributed by atoms with Crippen LogP contribution in [0, 0.1) is 15.9 Å². The van der Waals surface area contributed by atoms with Gasteiger partial charge in [-0.05, 0) is 26.0 Å². The van der Waals surface area contributed by atoms with Gasteiger partial charge >= 0.3 is 0 Å². The largest absolute Gasteiger partial charge is 0.352 e. The normalized spacial score (nSPS) is 10.7. The van der Waals surface area contributed by atoms with E-state index in [-0.39, 0.29) is 17.4 Å². The summed E-state index contributed by atoms with van der Waals surface area (Å²) in [5, 5.41) is 17.3. The van der Waals surface area contributed by atoms with E-state index in [0.717, 1.165) is 17.7 Å². The summed E-state index contributed by atoms with van der Waals surface area (Å²) in [6, 6.07) is 14.6. The van der Waals surface area contributed by atoms with Gasteiger partial charge in [-0.1, -0.05) is 30.3 Å². The van der Waals surface area contributed by atoms with Crippen LogP contribution in [0.15, 0.2) is 54.6 Å². The number of hydrogen-bond acceptors (Lipinski definition) is 6. The van der Waals surface area contributed by atoms with Crippen LogP contribution in [0.4, 0.5) is 27.5 Å². The van der Waals surface area contributed by atoms with Crippen LogP contribution in [0.1, 0.15) is 13.8 Å². The molecule has 3 rings (SSSR count). The van der Waals surface area contributed by atoms with Crippen LogP contribution in [0.2, 0.25) is 0 Å². The van der Waals surface area contributed by atoms with Crippen molar-refractivity contribution < 1.29 is 9.31 Å². The number of hydrogen-bond donors (Lipinski definition) is 2. The molecule has 0 atom stereocenters. The first-order chi connectivity index (χ1) is 12.9. The van der Waals surface area contributed by atoms with Gasteiger partial charge in [0.05, 0.1) is 16.7 Å². The van der Waals surface area contributed by atoms with Crippen molar-refractivity contribution in [2.45, 2.75) is 19.9 Å². The second kappa shape index (κ2) is 7.77. The minimum atomic E-state index is -0.679. The number of rotatable bonds is 6. The van der Waals surface area contributed by atoms with Crippen LogP contribution in [0.3, 0.4) is 0 Å². The molecule has 2 aromatic carbocycles. The molecule has 0 aliphatic rings. The quantitative estimate of drug-likeness (QED) is 0.482. The molecule has 0 radical (unpaired) electrons. The van der Waals surface area contributed by atoms with Gasteiger partial charge in [0, 0.05) is 17.7 Å². The molecular formula is C19H18FN5O2. The van der Waals surface area contributed by atoms with Crippen LogP contribution in [0.25, 0.3) is 11.3 Å². The van der Waals surface area contributed by atoms with Crippen molar-refractivity contribution >= 4 is 23.1 Å². The first-order valence-corrected chi connectivity index (χ1v) is 8.34. The number of halogens is 1. The molecule has 0 amide bonds. The Hall–Kier alpha value is -3.55. The number of nitro benzene ring substituents is 1. The second-order valence-corrected chi connectivity index (χ2v) is 6.17. The zero-order valence-electron chi connectivity index (χ0n) is 14.8. The van der Waals surface area contributed by atoms with Crippen LogP contribution in [-0.4, -0.2) is 20.9 Å². The highest BCUT2D eigenvalue weighted by Crippen LogP contribution is 2.29. The lowest BCUT2D eigenvalue weighted by atomic mass is 10.1. The Morgan fingerprint density at radius 1 is 1.07 bits per heavy atom. The van der Waals surface area contributed by atoms with Crippen LogP contribution >= 0.6 is 0 Å². The Labute approximate surface area is 155 Å². The summed E-state index contributed by atoms with van der Waals surface area (Å²) in [4.78, 5) is 19.4. The highest BCUT2D eigenvalue weighted by Gasteiger charge is 2.16. The van der Waals surface area contributed by atoms with Crippen molar-refractivity contribution in [1.82, 2.24) is 9.97 Å². The predicted molar refractivity (Wildman–Crippen MR) is 103 cm³/mol. The number of nitrogens with zero attached hydrogens (tertiary/aromatic N) is 3. The van der Waals surface area contributed by atoms with Gasteiger partial charge in [-0.2, -0.15) is 4.98 Å². The van der Waals surface area contributed by atoms with Crippen LogP contribution in [-0.2, 0) is 0 Å². The molecule has 1 heterocycles. The molecule has 0 bridgehead atoms. The lowest BCUT2D eigenvalue weighted by Crippen LogP contribution is -2.13. The van der Waals surface area contributed by atoms with E-state index in [1.54, 1.807) is 6.07 Å². The fourth-order valence-corrected chi connectivity index (χ4v) is 2.49.